The number of Topliss-reactive ketones (excluding diaryl/α,β-unsaturated/α-hetero) is 3. The van der Waals surface area contributed by atoms with Crippen molar-refractivity contribution in [3.05, 3.63) is 101 Å². The van der Waals surface area contributed by atoms with E-state index < -0.39 is 51.5 Å². The number of quaternary nitrogens is 1. The second kappa shape index (κ2) is 28.1. The normalized spacial score (nSPS) is 17.9. The molecular formula is C55H76N4O13S. The highest BCUT2D eigenvalue weighted by atomic mass is 32.2. The molecule has 5 rings (SSSR count). The molecule has 3 aromatic carbocycles. The Bertz CT molecular complexity index is 2460. The van der Waals surface area contributed by atoms with Gasteiger partial charge in [0, 0.05) is 49.0 Å². The molecule has 2 aliphatic heterocycles. The standard InChI is InChI=1S/C54H72N4O10.CH4O3S/c1-36(2)25-47(49(61)31-44(28-41-17-13-10-14-18-41)53(64)57-48(26-37(3)4)51(62)54(7)35-67-54)56-52(63)43(20-19-40-15-11-9-12-16-40)30-46(60)34-58(21-23-66-24-22-58)33-42-27-38(5)50(68-39(6)59)45(29-42)32-55-65-8;1-5(2,3)4/h9-18,27,29,32,36-37,43-44,47-48H,19-26,28,30-31,33-35H2,1-8H3,(H-,56,57,63,64);1H3,(H,2,3,4)/b55-32+;/t43-,44-,47+,48+,54-;/m1./s1. The predicted octanol–water partition coefficient (Wildman–Crippen LogP) is 5.86. The van der Waals surface area contributed by atoms with Gasteiger partial charge in [-0.1, -0.05) is 93.5 Å². The molecule has 3 aromatic rings. The van der Waals surface area contributed by atoms with Crippen LogP contribution in [0.1, 0.15) is 101 Å². The number of carbonyl (C=O) groups is 6. The first kappa shape index (κ1) is 59.9. The van der Waals surface area contributed by atoms with Gasteiger partial charge in [-0.2, -0.15) is 0 Å². The maximum absolute atomic E-state index is 14.6. The molecule has 73 heavy (non-hydrogen) atoms. The summed E-state index contributed by atoms with van der Waals surface area (Å²) >= 11 is 0. The van der Waals surface area contributed by atoms with Crippen LogP contribution in [-0.2, 0) is 72.6 Å². The Labute approximate surface area is 431 Å². The van der Waals surface area contributed by atoms with Crippen molar-refractivity contribution in [1.82, 2.24) is 10.6 Å². The van der Waals surface area contributed by atoms with Crippen LogP contribution in [0.5, 0.6) is 5.75 Å². The molecule has 5 atom stereocenters. The molecule has 400 valence electrons. The summed E-state index contributed by atoms with van der Waals surface area (Å²) in [6.07, 6.45) is 3.83. The van der Waals surface area contributed by atoms with Gasteiger partial charge in [0.05, 0.1) is 48.2 Å². The number of ketones is 3. The van der Waals surface area contributed by atoms with Crippen LogP contribution in [0.2, 0.25) is 0 Å². The smallest absolute Gasteiger partial charge is 0.308 e. The summed E-state index contributed by atoms with van der Waals surface area (Å²) in [6, 6.07) is 21.4. The van der Waals surface area contributed by atoms with E-state index in [4.69, 9.17) is 32.0 Å². The number of carbonyl (C=O) groups excluding carboxylic acids is 6. The number of esters is 1. The first-order chi connectivity index (χ1) is 34.4. The van der Waals surface area contributed by atoms with E-state index in [2.05, 4.69) is 15.8 Å². The van der Waals surface area contributed by atoms with E-state index in [0.29, 0.717) is 87.2 Å². The molecule has 2 heterocycles. The zero-order valence-corrected chi connectivity index (χ0v) is 44.8. The number of morpholine rings is 1. The molecule has 2 fully saturated rings. The Hall–Kier alpha value is -5.66. The van der Waals surface area contributed by atoms with Gasteiger partial charge in [0.15, 0.2) is 17.3 Å². The molecular weight excluding hydrogens is 957 g/mol. The van der Waals surface area contributed by atoms with Crippen LogP contribution in [0, 0.1) is 30.6 Å². The van der Waals surface area contributed by atoms with E-state index in [1.807, 2.05) is 107 Å². The molecule has 2 amide bonds. The number of rotatable bonds is 27. The first-order valence-electron chi connectivity index (χ1n) is 25.0. The van der Waals surface area contributed by atoms with Crippen LogP contribution in [0.3, 0.4) is 0 Å². The average molecular weight is 1030 g/mol. The highest BCUT2D eigenvalue weighted by molar-refractivity contribution is 7.84. The quantitative estimate of drug-likeness (QED) is 0.0174. The number of oxime groups is 1. The van der Waals surface area contributed by atoms with Crippen LogP contribution >= 0.6 is 0 Å². The Balaban J connectivity index is 0.00000220. The molecule has 2 saturated heterocycles. The lowest BCUT2D eigenvalue weighted by molar-refractivity contribution is -0.940. The Morgan fingerprint density at radius 1 is 0.836 bits per heavy atom. The number of hydrogen-bond acceptors (Lipinski definition) is 14. The third kappa shape index (κ3) is 21.0. The van der Waals surface area contributed by atoms with Crippen molar-refractivity contribution in [3.8, 4) is 5.75 Å². The van der Waals surface area contributed by atoms with E-state index in [9.17, 15) is 28.8 Å². The molecule has 18 heteroatoms. The Morgan fingerprint density at radius 3 is 1.93 bits per heavy atom. The maximum atomic E-state index is 14.6. The molecule has 2 N–H and O–H groups in total. The van der Waals surface area contributed by atoms with E-state index in [0.717, 1.165) is 22.3 Å². The average Bonchev–Trinajstić information content (AvgIpc) is 4.07. The zero-order chi connectivity index (χ0) is 53.9. The molecule has 0 spiro atoms. The summed E-state index contributed by atoms with van der Waals surface area (Å²) in [6.45, 7) is 15.8. The summed E-state index contributed by atoms with van der Waals surface area (Å²) < 4.78 is 44.4. The maximum Gasteiger partial charge on any atom is 0.308 e. The van der Waals surface area contributed by atoms with Gasteiger partial charge >= 0.3 is 5.97 Å². The van der Waals surface area contributed by atoms with Gasteiger partial charge in [0.25, 0.3) is 0 Å². The second-order valence-electron chi connectivity index (χ2n) is 20.5. The molecule has 2 aliphatic rings. The van der Waals surface area contributed by atoms with Crippen molar-refractivity contribution in [2.24, 2.45) is 28.8 Å². The molecule has 0 radical (unpaired) electrons. The van der Waals surface area contributed by atoms with Crippen LogP contribution < -0.4 is 15.4 Å². The van der Waals surface area contributed by atoms with Crippen molar-refractivity contribution in [2.75, 3.05) is 52.8 Å². The number of nitrogens with zero attached hydrogens (tertiary/aromatic N) is 2. The van der Waals surface area contributed by atoms with Gasteiger partial charge in [-0.25, -0.2) is 8.42 Å². The molecule has 17 nitrogen and oxygen atoms in total. The SMILES string of the molecule is CO/N=C/c1cc(C[N+]2(CC(=O)C[C@@H](CCc3ccccc3)C(=O)N[C@@H](CC(C)C)C(=O)C[C@@H](Cc3ccccc3)C(=O)N[C@@H](CC(C)C)C(=O)[C@@]3(C)CO3)CCOCC2)cc(C)c1OC(C)=O.CS(=O)(=O)[O-]. The van der Waals surface area contributed by atoms with E-state index in [-0.39, 0.29) is 60.9 Å². The largest absolute Gasteiger partial charge is 0.748 e. The summed E-state index contributed by atoms with van der Waals surface area (Å²) in [5, 5.41) is 10.0. The number of benzene rings is 3. The molecule has 0 bridgehead atoms. The van der Waals surface area contributed by atoms with Gasteiger partial charge in [0.1, 0.15) is 44.6 Å². The van der Waals surface area contributed by atoms with Crippen LogP contribution in [0.4, 0.5) is 0 Å². The molecule has 0 unspecified atom stereocenters. The fraction of sp³-hybridized carbons (Fsp3) is 0.545. The monoisotopic (exact) mass is 1030 g/mol. The molecule has 0 aliphatic carbocycles. The Kier molecular flexibility index (Phi) is 23.1. The van der Waals surface area contributed by atoms with Gasteiger partial charge < -0.3 is 38.7 Å². The fourth-order valence-corrected chi connectivity index (χ4v) is 9.16. The summed E-state index contributed by atoms with van der Waals surface area (Å²) in [4.78, 5) is 88.4. The van der Waals surface area contributed by atoms with E-state index in [1.54, 1.807) is 6.92 Å². The molecule has 0 saturated carbocycles. The summed E-state index contributed by atoms with van der Waals surface area (Å²) in [5.74, 6) is -2.86. The zero-order valence-electron chi connectivity index (χ0n) is 44.0. The fourth-order valence-electron chi connectivity index (χ4n) is 9.16. The summed E-state index contributed by atoms with van der Waals surface area (Å²) in [7, 11) is -2.49. The van der Waals surface area contributed by atoms with E-state index >= 15 is 0 Å². The number of hydrogen-bond donors (Lipinski definition) is 2. The third-order valence-corrected chi connectivity index (χ3v) is 12.8. The Morgan fingerprint density at radius 2 is 1.38 bits per heavy atom. The van der Waals surface area contributed by atoms with Crippen LogP contribution in [0.25, 0.3) is 0 Å². The number of amides is 2. The lowest BCUT2D eigenvalue weighted by Crippen LogP contribution is -2.57. The number of epoxide rings is 1. The lowest BCUT2D eigenvalue weighted by atomic mass is 9.87. The minimum atomic E-state index is -3.92. The number of aryl methyl sites for hydroxylation is 2. The van der Waals surface area contributed by atoms with Crippen molar-refractivity contribution in [2.45, 2.75) is 118 Å². The van der Waals surface area contributed by atoms with Crippen molar-refractivity contribution >= 4 is 51.5 Å². The van der Waals surface area contributed by atoms with Gasteiger partial charge in [0.2, 0.25) is 11.8 Å². The minimum Gasteiger partial charge on any atom is -0.748 e. The highest BCUT2D eigenvalue weighted by Gasteiger charge is 2.50. The topological polar surface area (TPSA) is 236 Å². The van der Waals surface area contributed by atoms with Crippen LogP contribution in [-0.4, -0.2) is 129 Å². The number of ether oxygens (including phenoxy) is 3. The lowest BCUT2D eigenvalue weighted by Gasteiger charge is -2.41. The molecule has 0 aromatic heterocycles. The van der Waals surface area contributed by atoms with Gasteiger partial charge in [-0.15, -0.1) is 0 Å². The summed E-state index contributed by atoms with van der Waals surface area (Å²) in [5.41, 5.74) is 3.15. The van der Waals surface area contributed by atoms with E-state index in [1.165, 1.54) is 20.2 Å². The van der Waals surface area contributed by atoms with Gasteiger partial charge in [-0.3, -0.25) is 28.8 Å². The minimum absolute atomic E-state index is 0.0149. The second-order valence-corrected chi connectivity index (χ2v) is 22.0. The van der Waals surface area contributed by atoms with Crippen molar-refractivity contribution < 1.29 is 65.3 Å². The van der Waals surface area contributed by atoms with Crippen molar-refractivity contribution in [1.29, 1.82) is 0 Å². The van der Waals surface area contributed by atoms with Crippen LogP contribution in [0.15, 0.2) is 78.0 Å². The van der Waals surface area contributed by atoms with Gasteiger partial charge in [-0.05, 0) is 86.6 Å². The van der Waals surface area contributed by atoms with Crippen molar-refractivity contribution in [3.63, 3.8) is 0 Å². The number of nitrogens with one attached hydrogen (secondary N) is 2. The third-order valence-electron chi connectivity index (χ3n) is 12.8. The first-order valence-corrected chi connectivity index (χ1v) is 26.8. The predicted molar refractivity (Wildman–Crippen MR) is 275 cm³/mol. The highest BCUT2D eigenvalue weighted by Crippen LogP contribution is 2.31.